The molecule has 0 spiro atoms. The zero-order valence-corrected chi connectivity index (χ0v) is 17.0. The van der Waals surface area contributed by atoms with Crippen LogP contribution in [-0.4, -0.2) is 31.4 Å². The molecule has 1 aliphatic rings. The van der Waals surface area contributed by atoms with Crippen molar-refractivity contribution in [2.24, 2.45) is 0 Å². The van der Waals surface area contributed by atoms with Crippen LogP contribution in [0.1, 0.15) is 17.6 Å². The van der Waals surface area contributed by atoms with Gasteiger partial charge in [-0.15, -0.1) is 0 Å². The van der Waals surface area contributed by atoms with Crippen LogP contribution in [-0.2, 0) is 21.0 Å². The van der Waals surface area contributed by atoms with Gasteiger partial charge in [0.15, 0.2) is 16.1 Å². The minimum Gasteiger partial charge on any atom is -0.460 e. The van der Waals surface area contributed by atoms with E-state index in [0.29, 0.717) is 35.7 Å². The fraction of sp³-hybridized carbons (Fsp3) is 0.174. The average molecular weight is 421 g/mol. The standard InChI is InChI=1S/C23H19NO5S/c1-30(26,27)15-9-7-14(8-10-15)20-21-19(11-13-28-23(21)25)29-22(20)17-4-2-6-18-16(17)5-3-12-24-18/h2-10,12,23,25H,11,13H2,1H3. The third-order valence-corrected chi connectivity index (χ3v) is 6.46. The molecule has 0 saturated carbocycles. The van der Waals surface area contributed by atoms with Gasteiger partial charge in [0, 0.05) is 35.4 Å². The first-order chi connectivity index (χ1) is 14.4. The summed E-state index contributed by atoms with van der Waals surface area (Å²) < 4.78 is 35.5. The van der Waals surface area contributed by atoms with E-state index in [0.717, 1.165) is 22.0 Å². The van der Waals surface area contributed by atoms with E-state index >= 15 is 0 Å². The lowest BCUT2D eigenvalue weighted by molar-refractivity contribution is -0.112. The molecule has 6 nitrogen and oxygen atoms in total. The summed E-state index contributed by atoms with van der Waals surface area (Å²) in [6.45, 7) is 0.366. The first-order valence-electron chi connectivity index (χ1n) is 9.53. The number of aromatic nitrogens is 1. The molecule has 1 aliphatic heterocycles. The second-order valence-corrected chi connectivity index (χ2v) is 9.30. The fourth-order valence-corrected chi connectivity index (χ4v) is 4.56. The summed E-state index contributed by atoms with van der Waals surface area (Å²) in [5.41, 5.74) is 3.72. The Labute approximate surface area is 173 Å². The van der Waals surface area contributed by atoms with Crippen molar-refractivity contribution in [2.75, 3.05) is 12.9 Å². The van der Waals surface area contributed by atoms with Crippen molar-refractivity contribution in [1.82, 2.24) is 4.98 Å². The Morgan fingerprint density at radius 3 is 2.63 bits per heavy atom. The third kappa shape index (κ3) is 3.11. The molecule has 0 amide bonds. The van der Waals surface area contributed by atoms with Crippen LogP contribution in [0.4, 0.5) is 0 Å². The highest BCUT2D eigenvalue weighted by atomic mass is 32.2. The summed E-state index contributed by atoms with van der Waals surface area (Å²) in [6.07, 6.45) is 2.35. The summed E-state index contributed by atoms with van der Waals surface area (Å²) in [7, 11) is -3.31. The number of pyridine rings is 1. The first-order valence-corrected chi connectivity index (χ1v) is 11.4. The van der Waals surface area contributed by atoms with Gasteiger partial charge in [0.05, 0.1) is 22.6 Å². The van der Waals surface area contributed by atoms with Crippen LogP contribution in [0.25, 0.3) is 33.4 Å². The van der Waals surface area contributed by atoms with E-state index in [1.54, 1.807) is 30.5 Å². The van der Waals surface area contributed by atoms with Gasteiger partial charge in [0.2, 0.25) is 0 Å². The van der Waals surface area contributed by atoms with Crippen LogP contribution >= 0.6 is 0 Å². The fourth-order valence-electron chi connectivity index (χ4n) is 3.93. The Hall–Kier alpha value is -3.00. The van der Waals surface area contributed by atoms with Crippen molar-refractivity contribution in [2.45, 2.75) is 17.6 Å². The van der Waals surface area contributed by atoms with E-state index in [9.17, 15) is 13.5 Å². The molecular weight excluding hydrogens is 402 g/mol. The van der Waals surface area contributed by atoms with E-state index < -0.39 is 16.1 Å². The first kappa shape index (κ1) is 19.0. The van der Waals surface area contributed by atoms with Crippen LogP contribution in [0, 0.1) is 0 Å². The number of sulfone groups is 1. The molecule has 7 heteroatoms. The second kappa shape index (κ2) is 7.05. The number of aliphatic hydroxyl groups excluding tert-OH is 1. The average Bonchev–Trinajstić information content (AvgIpc) is 3.13. The molecule has 5 rings (SSSR count). The van der Waals surface area contributed by atoms with Crippen molar-refractivity contribution in [3.05, 3.63) is 72.1 Å². The van der Waals surface area contributed by atoms with Crippen LogP contribution in [0.3, 0.4) is 0 Å². The maximum Gasteiger partial charge on any atom is 0.185 e. The Morgan fingerprint density at radius 1 is 1.07 bits per heavy atom. The van der Waals surface area contributed by atoms with E-state index in [2.05, 4.69) is 4.98 Å². The van der Waals surface area contributed by atoms with Gasteiger partial charge < -0.3 is 14.3 Å². The highest BCUT2D eigenvalue weighted by Crippen LogP contribution is 2.45. The smallest absolute Gasteiger partial charge is 0.185 e. The van der Waals surface area contributed by atoms with E-state index in [1.165, 1.54) is 6.26 Å². The Balaban J connectivity index is 1.79. The Morgan fingerprint density at radius 2 is 1.87 bits per heavy atom. The molecule has 0 aliphatic carbocycles. The molecular formula is C23H19NO5S. The second-order valence-electron chi connectivity index (χ2n) is 7.29. The third-order valence-electron chi connectivity index (χ3n) is 5.34. The normalized spacial score (nSPS) is 16.5. The lowest BCUT2D eigenvalue weighted by Crippen LogP contribution is -2.14. The van der Waals surface area contributed by atoms with Crippen LogP contribution in [0.2, 0.25) is 0 Å². The highest BCUT2D eigenvalue weighted by Gasteiger charge is 2.31. The predicted molar refractivity (Wildman–Crippen MR) is 113 cm³/mol. The summed E-state index contributed by atoms with van der Waals surface area (Å²) in [5.74, 6) is 1.28. The van der Waals surface area contributed by atoms with Gasteiger partial charge in [0.25, 0.3) is 0 Å². The minimum atomic E-state index is -3.31. The number of furan rings is 1. The van der Waals surface area contributed by atoms with Crippen LogP contribution in [0.15, 0.2) is 70.1 Å². The number of rotatable bonds is 3. The van der Waals surface area contributed by atoms with Crippen molar-refractivity contribution < 1.29 is 22.7 Å². The summed E-state index contributed by atoms with van der Waals surface area (Å²) in [5, 5.41) is 11.5. The van der Waals surface area contributed by atoms with Gasteiger partial charge in [-0.3, -0.25) is 4.98 Å². The van der Waals surface area contributed by atoms with E-state index in [-0.39, 0.29) is 4.90 Å². The Kier molecular flexibility index (Phi) is 4.47. The van der Waals surface area contributed by atoms with Crippen LogP contribution < -0.4 is 0 Å². The summed E-state index contributed by atoms with van der Waals surface area (Å²) in [6, 6.07) is 16.2. The van der Waals surface area contributed by atoms with Crippen LogP contribution in [0.5, 0.6) is 0 Å². The number of nitrogens with zero attached hydrogens (tertiary/aromatic N) is 1. The molecule has 0 saturated heterocycles. The van der Waals surface area contributed by atoms with Crippen molar-refractivity contribution in [3.8, 4) is 22.5 Å². The topological polar surface area (TPSA) is 89.6 Å². The van der Waals surface area contributed by atoms with Gasteiger partial charge in [-0.1, -0.05) is 30.3 Å². The zero-order valence-electron chi connectivity index (χ0n) is 16.2. The molecule has 0 bridgehead atoms. The van der Waals surface area contributed by atoms with E-state index in [1.807, 2.05) is 30.3 Å². The number of aliphatic hydroxyl groups is 1. The molecule has 1 N–H and O–H groups in total. The van der Waals surface area contributed by atoms with Crippen molar-refractivity contribution in [1.29, 1.82) is 0 Å². The Bertz CT molecular complexity index is 1350. The van der Waals surface area contributed by atoms with E-state index in [4.69, 9.17) is 9.15 Å². The van der Waals surface area contributed by atoms with Crippen molar-refractivity contribution in [3.63, 3.8) is 0 Å². The molecule has 2 aromatic carbocycles. The molecule has 3 heterocycles. The maximum atomic E-state index is 11.9. The SMILES string of the molecule is CS(=O)(=O)c1ccc(-c2c(-c3cccc4ncccc34)oc3c2C(O)OCC3)cc1. The van der Waals surface area contributed by atoms with Gasteiger partial charge in [-0.05, 0) is 29.8 Å². The quantitative estimate of drug-likeness (QED) is 0.535. The molecule has 4 aromatic rings. The largest absolute Gasteiger partial charge is 0.460 e. The number of benzene rings is 2. The molecule has 2 aromatic heterocycles. The minimum absolute atomic E-state index is 0.233. The van der Waals surface area contributed by atoms with Gasteiger partial charge in [0.1, 0.15) is 11.5 Å². The van der Waals surface area contributed by atoms with Gasteiger partial charge >= 0.3 is 0 Å². The molecule has 30 heavy (non-hydrogen) atoms. The molecule has 0 fully saturated rings. The van der Waals surface area contributed by atoms with Gasteiger partial charge in [-0.25, -0.2) is 8.42 Å². The zero-order chi connectivity index (χ0) is 20.9. The predicted octanol–water partition coefficient (Wildman–Crippen LogP) is 4.13. The molecule has 0 radical (unpaired) electrons. The summed E-state index contributed by atoms with van der Waals surface area (Å²) in [4.78, 5) is 4.66. The van der Waals surface area contributed by atoms with Gasteiger partial charge in [-0.2, -0.15) is 0 Å². The lowest BCUT2D eigenvalue weighted by Gasteiger charge is -2.19. The lowest BCUT2D eigenvalue weighted by atomic mass is 9.94. The highest BCUT2D eigenvalue weighted by molar-refractivity contribution is 7.90. The molecule has 1 atom stereocenters. The maximum absolute atomic E-state index is 11.9. The monoisotopic (exact) mass is 421 g/mol. The summed E-state index contributed by atoms with van der Waals surface area (Å²) >= 11 is 0. The van der Waals surface area contributed by atoms with Crippen molar-refractivity contribution >= 4 is 20.7 Å². The molecule has 152 valence electrons. The number of fused-ring (bicyclic) bond motifs is 2. The number of hydrogen-bond acceptors (Lipinski definition) is 6. The number of hydrogen-bond donors (Lipinski definition) is 1. The molecule has 1 unspecified atom stereocenters. The number of ether oxygens (including phenoxy) is 1.